The summed E-state index contributed by atoms with van der Waals surface area (Å²) in [5.41, 5.74) is 7.01. The van der Waals surface area contributed by atoms with Crippen molar-refractivity contribution in [2.75, 3.05) is 18.4 Å². The first-order valence-corrected chi connectivity index (χ1v) is 7.09. The SMILES string of the molecule is NC1CN(S(=O)(=O)c2ccc3c(c2)CC(=O)N3)C1. The fourth-order valence-electron chi connectivity index (χ4n) is 2.18. The molecule has 7 heteroatoms. The van der Waals surface area contributed by atoms with Crippen molar-refractivity contribution in [2.45, 2.75) is 17.4 Å². The Morgan fingerprint density at radius 1 is 1.33 bits per heavy atom. The number of nitrogens with one attached hydrogen (secondary N) is 1. The van der Waals surface area contributed by atoms with Crippen molar-refractivity contribution in [2.24, 2.45) is 5.73 Å². The summed E-state index contributed by atoms with van der Waals surface area (Å²) >= 11 is 0. The van der Waals surface area contributed by atoms with Crippen LogP contribution < -0.4 is 11.1 Å². The van der Waals surface area contributed by atoms with Crippen molar-refractivity contribution in [3.05, 3.63) is 23.8 Å². The number of amides is 1. The van der Waals surface area contributed by atoms with Gasteiger partial charge >= 0.3 is 0 Å². The molecule has 0 bridgehead atoms. The number of sulfonamides is 1. The molecule has 2 aliphatic rings. The molecule has 96 valence electrons. The summed E-state index contributed by atoms with van der Waals surface area (Å²) in [6.45, 7) is 0.715. The van der Waals surface area contributed by atoms with Crippen molar-refractivity contribution in [1.29, 1.82) is 0 Å². The lowest BCUT2D eigenvalue weighted by atomic mass is 10.2. The van der Waals surface area contributed by atoms with Gasteiger partial charge in [0.15, 0.2) is 0 Å². The molecular formula is C11H13N3O3S. The Morgan fingerprint density at radius 3 is 2.72 bits per heavy atom. The van der Waals surface area contributed by atoms with Gasteiger partial charge in [-0.1, -0.05) is 0 Å². The van der Waals surface area contributed by atoms with Crippen LogP contribution in [0.2, 0.25) is 0 Å². The zero-order chi connectivity index (χ0) is 12.9. The third-order valence-corrected chi connectivity index (χ3v) is 5.04. The lowest BCUT2D eigenvalue weighted by molar-refractivity contribution is -0.115. The number of anilines is 1. The Labute approximate surface area is 105 Å². The molecule has 2 heterocycles. The van der Waals surface area contributed by atoms with E-state index in [1.165, 1.54) is 10.4 Å². The van der Waals surface area contributed by atoms with Crippen molar-refractivity contribution in [3.8, 4) is 0 Å². The third-order valence-electron chi connectivity index (χ3n) is 3.22. The van der Waals surface area contributed by atoms with Gasteiger partial charge in [0, 0.05) is 24.8 Å². The van der Waals surface area contributed by atoms with E-state index in [4.69, 9.17) is 5.73 Å². The average molecular weight is 267 g/mol. The third kappa shape index (κ3) is 1.71. The van der Waals surface area contributed by atoms with E-state index < -0.39 is 10.0 Å². The molecule has 0 unspecified atom stereocenters. The second-order valence-corrected chi connectivity index (χ2v) is 6.56. The molecule has 0 radical (unpaired) electrons. The zero-order valence-corrected chi connectivity index (χ0v) is 10.4. The first kappa shape index (κ1) is 11.6. The van der Waals surface area contributed by atoms with Crippen LogP contribution in [0.3, 0.4) is 0 Å². The fourth-order valence-corrected chi connectivity index (χ4v) is 3.79. The van der Waals surface area contributed by atoms with Crippen LogP contribution in [0.5, 0.6) is 0 Å². The van der Waals surface area contributed by atoms with E-state index in [9.17, 15) is 13.2 Å². The highest BCUT2D eigenvalue weighted by Crippen LogP contribution is 2.28. The minimum absolute atomic E-state index is 0.0718. The molecule has 3 rings (SSSR count). The number of rotatable bonds is 2. The van der Waals surface area contributed by atoms with Gasteiger partial charge in [-0.15, -0.1) is 0 Å². The molecule has 0 saturated carbocycles. The predicted octanol–water partition coefficient (Wildman–Crippen LogP) is -0.487. The van der Waals surface area contributed by atoms with Gasteiger partial charge in [-0.25, -0.2) is 8.42 Å². The van der Waals surface area contributed by atoms with E-state index in [1.807, 2.05) is 0 Å². The summed E-state index contributed by atoms with van der Waals surface area (Å²) < 4.78 is 25.8. The number of benzene rings is 1. The first-order valence-electron chi connectivity index (χ1n) is 5.65. The van der Waals surface area contributed by atoms with E-state index >= 15 is 0 Å². The largest absolute Gasteiger partial charge is 0.326 e. The second kappa shape index (κ2) is 3.78. The standard InChI is InChI=1S/C11H13N3O3S/c12-8-5-14(6-8)18(16,17)9-1-2-10-7(3-9)4-11(15)13-10/h1-3,8H,4-6,12H2,(H,13,15). The predicted molar refractivity (Wildman–Crippen MR) is 65.5 cm³/mol. The van der Waals surface area contributed by atoms with Crippen molar-refractivity contribution in [1.82, 2.24) is 4.31 Å². The molecule has 18 heavy (non-hydrogen) atoms. The highest BCUT2D eigenvalue weighted by molar-refractivity contribution is 7.89. The number of nitrogens with zero attached hydrogens (tertiary/aromatic N) is 1. The molecular weight excluding hydrogens is 254 g/mol. The van der Waals surface area contributed by atoms with E-state index in [1.54, 1.807) is 12.1 Å². The summed E-state index contributed by atoms with van der Waals surface area (Å²) in [6.07, 6.45) is 0.234. The molecule has 1 saturated heterocycles. The highest BCUT2D eigenvalue weighted by atomic mass is 32.2. The van der Waals surface area contributed by atoms with Crippen LogP contribution in [0.15, 0.2) is 23.1 Å². The number of hydrogen-bond donors (Lipinski definition) is 2. The lowest BCUT2D eigenvalue weighted by Crippen LogP contribution is -2.57. The molecule has 1 aromatic carbocycles. The molecule has 0 aromatic heterocycles. The Morgan fingerprint density at radius 2 is 2.06 bits per heavy atom. The van der Waals surface area contributed by atoms with Gasteiger partial charge in [-0.2, -0.15) is 4.31 Å². The van der Waals surface area contributed by atoms with Crippen LogP contribution in [0.25, 0.3) is 0 Å². The maximum atomic E-state index is 12.2. The van der Waals surface area contributed by atoms with Crippen LogP contribution in [0, 0.1) is 0 Å². The molecule has 3 N–H and O–H groups in total. The van der Waals surface area contributed by atoms with Gasteiger partial charge in [0.2, 0.25) is 15.9 Å². The number of fused-ring (bicyclic) bond motifs is 1. The molecule has 1 amide bonds. The fraction of sp³-hybridized carbons (Fsp3) is 0.364. The van der Waals surface area contributed by atoms with Gasteiger partial charge in [0.1, 0.15) is 0 Å². The number of carbonyl (C=O) groups excluding carboxylic acids is 1. The Bertz CT molecular complexity index is 620. The molecule has 0 aliphatic carbocycles. The Balaban J connectivity index is 1.94. The van der Waals surface area contributed by atoms with Crippen LogP contribution >= 0.6 is 0 Å². The second-order valence-electron chi connectivity index (χ2n) is 4.63. The number of nitrogens with two attached hydrogens (primary N) is 1. The van der Waals surface area contributed by atoms with Crippen LogP contribution in [0.1, 0.15) is 5.56 Å². The van der Waals surface area contributed by atoms with E-state index in [0.29, 0.717) is 18.8 Å². The van der Waals surface area contributed by atoms with E-state index in [-0.39, 0.29) is 23.3 Å². The summed E-state index contributed by atoms with van der Waals surface area (Å²) in [5.74, 6) is -0.106. The maximum Gasteiger partial charge on any atom is 0.243 e. The normalized spacial score (nSPS) is 20.4. The van der Waals surface area contributed by atoms with Crippen molar-refractivity contribution >= 4 is 21.6 Å². The van der Waals surface area contributed by atoms with Crippen LogP contribution in [-0.2, 0) is 21.2 Å². The molecule has 6 nitrogen and oxygen atoms in total. The van der Waals surface area contributed by atoms with Gasteiger partial charge in [0.05, 0.1) is 11.3 Å². The van der Waals surface area contributed by atoms with Gasteiger partial charge in [-0.3, -0.25) is 4.79 Å². The Hall–Kier alpha value is -1.44. The highest BCUT2D eigenvalue weighted by Gasteiger charge is 2.35. The number of hydrogen-bond acceptors (Lipinski definition) is 4. The summed E-state index contributed by atoms with van der Waals surface area (Å²) in [5, 5.41) is 2.67. The minimum Gasteiger partial charge on any atom is -0.326 e. The van der Waals surface area contributed by atoms with Gasteiger partial charge in [0.25, 0.3) is 0 Å². The topological polar surface area (TPSA) is 92.5 Å². The quantitative estimate of drug-likeness (QED) is 0.756. The molecule has 1 aromatic rings. The average Bonchev–Trinajstić information content (AvgIpc) is 2.63. The maximum absolute atomic E-state index is 12.2. The van der Waals surface area contributed by atoms with Gasteiger partial charge in [-0.05, 0) is 23.8 Å². The molecule has 0 spiro atoms. The van der Waals surface area contributed by atoms with Crippen LogP contribution in [0.4, 0.5) is 5.69 Å². The van der Waals surface area contributed by atoms with Crippen LogP contribution in [-0.4, -0.2) is 37.8 Å². The lowest BCUT2D eigenvalue weighted by Gasteiger charge is -2.35. The van der Waals surface area contributed by atoms with E-state index in [0.717, 1.165) is 5.56 Å². The van der Waals surface area contributed by atoms with E-state index in [2.05, 4.69) is 5.32 Å². The number of carbonyl (C=O) groups is 1. The Kier molecular flexibility index (Phi) is 2.44. The first-order chi connectivity index (χ1) is 8.46. The summed E-state index contributed by atoms with van der Waals surface area (Å²) in [6, 6.07) is 4.64. The molecule has 1 fully saturated rings. The monoisotopic (exact) mass is 267 g/mol. The summed E-state index contributed by atoms with van der Waals surface area (Å²) in [4.78, 5) is 11.4. The van der Waals surface area contributed by atoms with Gasteiger partial charge < -0.3 is 11.1 Å². The zero-order valence-electron chi connectivity index (χ0n) is 9.59. The van der Waals surface area contributed by atoms with Crippen molar-refractivity contribution in [3.63, 3.8) is 0 Å². The minimum atomic E-state index is -3.46. The molecule has 2 aliphatic heterocycles. The van der Waals surface area contributed by atoms with Crippen molar-refractivity contribution < 1.29 is 13.2 Å². The smallest absolute Gasteiger partial charge is 0.243 e. The summed E-state index contributed by atoms with van der Waals surface area (Å²) in [7, 11) is -3.46. The molecule has 0 atom stereocenters.